The highest BCUT2D eigenvalue weighted by Gasteiger charge is 2.10. The van der Waals surface area contributed by atoms with Crippen molar-refractivity contribution in [3.05, 3.63) is 48.3 Å². The van der Waals surface area contributed by atoms with Gasteiger partial charge >= 0.3 is 0 Å². The van der Waals surface area contributed by atoms with Gasteiger partial charge in [0, 0.05) is 18.3 Å². The van der Waals surface area contributed by atoms with Crippen LogP contribution in [0, 0.1) is 0 Å². The first-order chi connectivity index (χ1) is 9.28. The Hall–Kier alpha value is -2.43. The predicted molar refractivity (Wildman–Crippen MR) is 74.7 cm³/mol. The maximum absolute atomic E-state index is 5.81. The maximum atomic E-state index is 5.81. The molecule has 0 spiro atoms. The Morgan fingerprint density at radius 1 is 1.26 bits per heavy atom. The largest absolute Gasteiger partial charge is 0.399 e. The third-order valence-electron chi connectivity index (χ3n) is 3.13. The van der Waals surface area contributed by atoms with Crippen LogP contribution in [0.2, 0.25) is 0 Å². The lowest BCUT2D eigenvalue weighted by atomic mass is 10.3. The molecule has 2 aromatic heterocycles. The Balaban J connectivity index is 2.11. The molecule has 3 aromatic rings. The van der Waals surface area contributed by atoms with Gasteiger partial charge < -0.3 is 10.3 Å². The number of nitrogens with two attached hydrogens (primary N) is 1. The number of hydrogen-bond donors (Lipinski definition) is 1. The second-order valence-corrected chi connectivity index (χ2v) is 4.42. The van der Waals surface area contributed by atoms with E-state index in [0.717, 1.165) is 34.7 Å². The minimum Gasteiger partial charge on any atom is -0.399 e. The number of anilines is 1. The molecule has 0 unspecified atom stereocenters. The van der Waals surface area contributed by atoms with Gasteiger partial charge in [-0.2, -0.15) is 0 Å². The molecule has 5 nitrogen and oxygen atoms in total. The number of benzene rings is 1. The molecule has 0 saturated heterocycles. The average Bonchev–Trinajstić information content (AvgIpc) is 2.77. The second-order valence-electron chi connectivity index (χ2n) is 4.42. The monoisotopic (exact) mass is 253 g/mol. The van der Waals surface area contributed by atoms with Gasteiger partial charge in [-0.3, -0.25) is 0 Å². The molecule has 1 aromatic carbocycles. The zero-order chi connectivity index (χ0) is 13.2. The number of aromatic nitrogens is 4. The molecule has 0 radical (unpaired) electrons. The van der Waals surface area contributed by atoms with E-state index in [1.165, 1.54) is 0 Å². The van der Waals surface area contributed by atoms with Crippen molar-refractivity contribution >= 4 is 16.7 Å². The van der Waals surface area contributed by atoms with E-state index in [4.69, 9.17) is 5.73 Å². The summed E-state index contributed by atoms with van der Waals surface area (Å²) in [5.41, 5.74) is 9.54. The Kier molecular flexibility index (Phi) is 2.87. The van der Waals surface area contributed by atoms with Gasteiger partial charge in [-0.05, 0) is 24.3 Å². The second kappa shape index (κ2) is 4.68. The van der Waals surface area contributed by atoms with Crippen LogP contribution in [0.15, 0.2) is 36.8 Å². The minimum atomic E-state index is 0.701. The van der Waals surface area contributed by atoms with Gasteiger partial charge in [0.25, 0.3) is 0 Å². The molecule has 0 aliphatic heterocycles. The first-order valence-corrected chi connectivity index (χ1v) is 6.27. The van der Waals surface area contributed by atoms with Crippen molar-refractivity contribution in [2.75, 3.05) is 5.73 Å². The lowest BCUT2D eigenvalue weighted by Gasteiger charge is -2.07. The van der Waals surface area contributed by atoms with Crippen LogP contribution in [-0.4, -0.2) is 19.5 Å². The summed E-state index contributed by atoms with van der Waals surface area (Å²) in [6.45, 7) is 2.80. The van der Waals surface area contributed by atoms with E-state index in [9.17, 15) is 0 Å². The first kappa shape index (κ1) is 11.6. The Morgan fingerprint density at radius 3 is 2.89 bits per heavy atom. The molecule has 3 rings (SSSR count). The Labute approximate surface area is 111 Å². The highest BCUT2D eigenvalue weighted by Crippen LogP contribution is 2.20. The van der Waals surface area contributed by atoms with Crippen LogP contribution in [0.25, 0.3) is 11.0 Å². The van der Waals surface area contributed by atoms with Crippen molar-refractivity contribution in [3.8, 4) is 0 Å². The first-order valence-electron chi connectivity index (χ1n) is 6.27. The molecule has 0 saturated carbocycles. The zero-order valence-corrected chi connectivity index (χ0v) is 10.7. The fourth-order valence-electron chi connectivity index (χ4n) is 2.22. The minimum absolute atomic E-state index is 0.701. The number of imidazole rings is 1. The molecular weight excluding hydrogens is 238 g/mol. The van der Waals surface area contributed by atoms with E-state index in [-0.39, 0.29) is 0 Å². The van der Waals surface area contributed by atoms with Crippen LogP contribution >= 0.6 is 0 Å². The van der Waals surface area contributed by atoms with Gasteiger partial charge in [-0.15, -0.1) is 0 Å². The molecule has 19 heavy (non-hydrogen) atoms. The summed E-state index contributed by atoms with van der Waals surface area (Å²) in [4.78, 5) is 12.8. The topological polar surface area (TPSA) is 69.6 Å². The van der Waals surface area contributed by atoms with Gasteiger partial charge in [0.15, 0.2) is 0 Å². The van der Waals surface area contributed by atoms with Gasteiger partial charge in [0.2, 0.25) is 0 Å². The van der Waals surface area contributed by atoms with Crippen LogP contribution in [0.5, 0.6) is 0 Å². The average molecular weight is 253 g/mol. The zero-order valence-electron chi connectivity index (χ0n) is 10.7. The summed E-state index contributed by atoms with van der Waals surface area (Å²) < 4.78 is 2.18. The fraction of sp³-hybridized carbons (Fsp3) is 0.214. The highest BCUT2D eigenvalue weighted by atomic mass is 15.1. The number of fused-ring (bicyclic) bond motifs is 1. The summed E-state index contributed by atoms with van der Waals surface area (Å²) in [5, 5.41) is 0. The Bertz CT molecular complexity index is 702. The van der Waals surface area contributed by atoms with E-state index in [0.29, 0.717) is 6.54 Å². The van der Waals surface area contributed by atoms with Crippen LogP contribution < -0.4 is 5.73 Å². The van der Waals surface area contributed by atoms with Crippen LogP contribution in [-0.2, 0) is 13.0 Å². The summed E-state index contributed by atoms with van der Waals surface area (Å²) in [6, 6.07) is 7.74. The van der Waals surface area contributed by atoms with E-state index in [2.05, 4.69) is 26.4 Å². The quantitative estimate of drug-likeness (QED) is 0.725. The molecular formula is C14H15N5. The molecule has 0 fully saturated rings. The molecule has 2 heterocycles. The molecule has 96 valence electrons. The van der Waals surface area contributed by atoms with Crippen molar-refractivity contribution in [2.24, 2.45) is 0 Å². The molecule has 0 amide bonds. The maximum Gasteiger partial charge on any atom is 0.115 e. The van der Waals surface area contributed by atoms with Crippen molar-refractivity contribution in [1.29, 1.82) is 0 Å². The number of nitrogens with zero attached hydrogens (tertiary/aromatic N) is 4. The molecule has 0 aliphatic rings. The molecule has 0 bridgehead atoms. The third-order valence-corrected chi connectivity index (χ3v) is 3.13. The SMILES string of the molecule is CCc1nc2cc(N)ccc2n1Cc1ccncn1. The van der Waals surface area contributed by atoms with Crippen LogP contribution in [0.4, 0.5) is 5.69 Å². The van der Waals surface area contributed by atoms with Gasteiger partial charge in [-0.25, -0.2) is 15.0 Å². The van der Waals surface area contributed by atoms with E-state index in [1.54, 1.807) is 12.5 Å². The molecule has 5 heteroatoms. The molecule has 2 N–H and O–H groups in total. The number of hydrogen-bond acceptors (Lipinski definition) is 4. The van der Waals surface area contributed by atoms with Crippen molar-refractivity contribution in [1.82, 2.24) is 19.5 Å². The molecule has 0 aliphatic carbocycles. The van der Waals surface area contributed by atoms with Gasteiger partial charge in [0.05, 0.1) is 23.3 Å². The van der Waals surface area contributed by atoms with Crippen molar-refractivity contribution in [2.45, 2.75) is 19.9 Å². The number of nitrogen functional groups attached to an aromatic ring is 1. The summed E-state index contributed by atoms with van der Waals surface area (Å²) in [5.74, 6) is 1.04. The van der Waals surface area contributed by atoms with Crippen LogP contribution in [0.3, 0.4) is 0 Å². The van der Waals surface area contributed by atoms with Crippen LogP contribution in [0.1, 0.15) is 18.4 Å². The highest BCUT2D eigenvalue weighted by molar-refractivity contribution is 5.79. The standard InChI is InChI=1S/C14H15N5/c1-2-14-18-12-7-10(15)3-4-13(12)19(14)8-11-5-6-16-9-17-11/h3-7,9H,2,8,15H2,1H3. The van der Waals surface area contributed by atoms with Gasteiger partial charge in [-0.1, -0.05) is 6.92 Å². The predicted octanol–water partition coefficient (Wildman–Crippen LogP) is 2.02. The summed E-state index contributed by atoms with van der Waals surface area (Å²) in [7, 11) is 0. The number of aryl methyl sites for hydroxylation is 1. The van der Waals surface area contributed by atoms with E-state index in [1.807, 2.05) is 24.3 Å². The molecule has 0 atom stereocenters. The lowest BCUT2D eigenvalue weighted by Crippen LogP contribution is -2.05. The lowest BCUT2D eigenvalue weighted by molar-refractivity contribution is 0.733. The summed E-state index contributed by atoms with van der Waals surface area (Å²) in [6.07, 6.45) is 4.20. The van der Waals surface area contributed by atoms with Crippen molar-refractivity contribution < 1.29 is 0 Å². The Morgan fingerprint density at radius 2 is 2.16 bits per heavy atom. The van der Waals surface area contributed by atoms with Crippen molar-refractivity contribution in [3.63, 3.8) is 0 Å². The van der Waals surface area contributed by atoms with Gasteiger partial charge in [0.1, 0.15) is 12.2 Å². The smallest absolute Gasteiger partial charge is 0.115 e. The fourth-order valence-corrected chi connectivity index (χ4v) is 2.22. The normalized spacial score (nSPS) is 11.0. The third kappa shape index (κ3) is 2.14. The van der Waals surface area contributed by atoms with E-state index >= 15 is 0 Å². The summed E-state index contributed by atoms with van der Waals surface area (Å²) >= 11 is 0. The number of rotatable bonds is 3. The van der Waals surface area contributed by atoms with E-state index < -0.39 is 0 Å².